The topological polar surface area (TPSA) is 51.6 Å². The number of ether oxygens (including phenoxy) is 2. The van der Waals surface area contributed by atoms with E-state index in [1.54, 1.807) is 6.07 Å². The summed E-state index contributed by atoms with van der Waals surface area (Å²) < 4.78 is 11.2. The van der Waals surface area contributed by atoms with Gasteiger partial charge in [-0.3, -0.25) is 0 Å². The van der Waals surface area contributed by atoms with Crippen LogP contribution >= 0.6 is 0 Å². The Kier molecular flexibility index (Phi) is 5.17. The van der Waals surface area contributed by atoms with Crippen molar-refractivity contribution in [2.24, 2.45) is 0 Å². The minimum Gasteiger partial charge on any atom is -0.494 e. The minimum absolute atomic E-state index is 0.0302. The molecule has 0 atom stereocenters. The molecule has 4 nitrogen and oxygen atoms in total. The van der Waals surface area contributed by atoms with Gasteiger partial charge in [-0.1, -0.05) is 19.9 Å². The number of pyridine rings is 1. The highest BCUT2D eigenvalue weighted by Gasteiger charge is 2.08. The average Bonchev–Trinajstić information content (AvgIpc) is 2.47. The first kappa shape index (κ1) is 15.3. The quantitative estimate of drug-likeness (QED) is 0.875. The lowest BCUT2D eigenvalue weighted by Gasteiger charge is -2.11. The second-order valence-corrected chi connectivity index (χ2v) is 5.06. The Morgan fingerprint density at radius 2 is 1.90 bits per heavy atom. The zero-order valence-electron chi connectivity index (χ0n) is 12.7. The third-order valence-electron chi connectivity index (χ3n) is 2.99. The lowest BCUT2D eigenvalue weighted by Crippen LogP contribution is -1.99. The minimum atomic E-state index is -0.0302. The first-order valence-electron chi connectivity index (χ1n) is 7.14. The Morgan fingerprint density at radius 3 is 2.57 bits per heavy atom. The van der Waals surface area contributed by atoms with Gasteiger partial charge in [0.25, 0.3) is 0 Å². The summed E-state index contributed by atoms with van der Waals surface area (Å²) in [5.74, 6) is 2.18. The van der Waals surface area contributed by atoms with Gasteiger partial charge < -0.3 is 14.6 Å². The third-order valence-corrected chi connectivity index (χ3v) is 2.99. The molecule has 112 valence electrons. The molecule has 0 saturated carbocycles. The summed E-state index contributed by atoms with van der Waals surface area (Å²) in [5, 5.41) is 9.35. The second kappa shape index (κ2) is 7.09. The van der Waals surface area contributed by atoms with E-state index in [0.29, 0.717) is 18.2 Å². The van der Waals surface area contributed by atoms with Gasteiger partial charge in [-0.2, -0.15) is 0 Å². The Balaban J connectivity index is 2.26. The molecule has 1 N–H and O–H groups in total. The molecule has 0 fully saturated rings. The number of rotatable bonds is 6. The number of nitrogens with zero attached hydrogens (tertiary/aromatic N) is 1. The summed E-state index contributed by atoms with van der Waals surface area (Å²) in [7, 11) is 0. The Hall–Kier alpha value is -2.07. The van der Waals surface area contributed by atoms with Crippen molar-refractivity contribution >= 4 is 0 Å². The summed E-state index contributed by atoms with van der Waals surface area (Å²) in [4.78, 5) is 4.48. The number of aliphatic hydroxyl groups excluding tert-OH is 1. The van der Waals surface area contributed by atoms with E-state index >= 15 is 0 Å². The highest BCUT2D eigenvalue weighted by molar-refractivity contribution is 5.36. The van der Waals surface area contributed by atoms with E-state index in [0.717, 1.165) is 17.0 Å². The van der Waals surface area contributed by atoms with Gasteiger partial charge in [0.15, 0.2) is 0 Å². The number of aromatic nitrogens is 1. The van der Waals surface area contributed by atoms with Gasteiger partial charge in [0.2, 0.25) is 5.88 Å². The van der Waals surface area contributed by atoms with Crippen molar-refractivity contribution in [3.8, 4) is 17.4 Å². The first-order valence-corrected chi connectivity index (χ1v) is 7.14. The smallest absolute Gasteiger partial charge is 0.219 e. The Labute approximate surface area is 125 Å². The molecule has 0 aliphatic rings. The van der Waals surface area contributed by atoms with Gasteiger partial charge in [0.05, 0.1) is 13.2 Å². The standard InChI is InChI=1S/C17H21NO3/c1-4-20-14-6-5-7-15(10-14)21-17-9-13(11-19)8-16(18-17)12(2)3/h5-10,12,19H,4,11H2,1-3H3. The van der Waals surface area contributed by atoms with Crippen LogP contribution in [0.4, 0.5) is 0 Å². The van der Waals surface area contributed by atoms with E-state index in [2.05, 4.69) is 18.8 Å². The molecule has 1 aromatic heterocycles. The largest absolute Gasteiger partial charge is 0.494 e. The highest BCUT2D eigenvalue weighted by Crippen LogP contribution is 2.26. The van der Waals surface area contributed by atoms with E-state index in [1.165, 1.54) is 0 Å². The Bertz CT molecular complexity index is 596. The van der Waals surface area contributed by atoms with Gasteiger partial charge in [0.1, 0.15) is 11.5 Å². The normalized spacial score (nSPS) is 10.7. The second-order valence-electron chi connectivity index (χ2n) is 5.06. The van der Waals surface area contributed by atoms with Crippen LogP contribution in [0.15, 0.2) is 36.4 Å². The van der Waals surface area contributed by atoms with Crippen LogP contribution in [-0.4, -0.2) is 16.7 Å². The summed E-state index contributed by atoms with van der Waals surface area (Å²) in [6.07, 6.45) is 0. The van der Waals surface area contributed by atoms with Crippen molar-refractivity contribution in [3.05, 3.63) is 47.7 Å². The first-order chi connectivity index (χ1) is 10.1. The molecule has 0 saturated heterocycles. The molecular formula is C17H21NO3. The molecule has 0 amide bonds. The van der Waals surface area contributed by atoms with Gasteiger partial charge in [0, 0.05) is 17.8 Å². The molecule has 0 spiro atoms. The van der Waals surface area contributed by atoms with Crippen LogP contribution in [-0.2, 0) is 6.61 Å². The maximum Gasteiger partial charge on any atom is 0.219 e. The van der Waals surface area contributed by atoms with Crippen LogP contribution in [0, 0.1) is 0 Å². The van der Waals surface area contributed by atoms with E-state index in [9.17, 15) is 5.11 Å². The molecule has 2 aromatic rings. The van der Waals surface area contributed by atoms with Crippen molar-refractivity contribution in [1.29, 1.82) is 0 Å². The van der Waals surface area contributed by atoms with Crippen LogP contribution in [0.3, 0.4) is 0 Å². The van der Waals surface area contributed by atoms with Gasteiger partial charge in [-0.15, -0.1) is 0 Å². The maximum atomic E-state index is 9.35. The van der Waals surface area contributed by atoms with Gasteiger partial charge in [-0.05, 0) is 36.6 Å². The number of hydrogen-bond donors (Lipinski definition) is 1. The summed E-state index contributed by atoms with van der Waals surface area (Å²) in [5.41, 5.74) is 1.70. The van der Waals surface area contributed by atoms with Crippen LogP contribution in [0.25, 0.3) is 0 Å². The van der Waals surface area contributed by atoms with Crippen molar-refractivity contribution in [2.45, 2.75) is 33.3 Å². The molecule has 21 heavy (non-hydrogen) atoms. The fourth-order valence-electron chi connectivity index (χ4n) is 1.94. The lowest BCUT2D eigenvalue weighted by molar-refractivity contribution is 0.280. The molecule has 1 heterocycles. The fraction of sp³-hybridized carbons (Fsp3) is 0.353. The molecule has 0 unspecified atom stereocenters. The molecular weight excluding hydrogens is 266 g/mol. The monoisotopic (exact) mass is 287 g/mol. The van der Waals surface area contributed by atoms with E-state index in [4.69, 9.17) is 9.47 Å². The van der Waals surface area contributed by atoms with Crippen LogP contribution in [0.2, 0.25) is 0 Å². The third kappa shape index (κ3) is 4.20. The molecule has 4 heteroatoms. The highest BCUT2D eigenvalue weighted by atomic mass is 16.5. The van der Waals surface area contributed by atoms with Crippen LogP contribution < -0.4 is 9.47 Å². The van der Waals surface area contributed by atoms with Crippen molar-refractivity contribution in [1.82, 2.24) is 4.98 Å². The maximum absolute atomic E-state index is 9.35. The van der Waals surface area contributed by atoms with E-state index in [1.807, 2.05) is 37.3 Å². The van der Waals surface area contributed by atoms with E-state index in [-0.39, 0.29) is 12.5 Å². The Morgan fingerprint density at radius 1 is 1.14 bits per heavy atom. The van der Waals surface area contributed by atoms with Gasteiger partial charge >= 0.3 is 0 Å². The predicted molar refractivity (Wildman–Crippen MR) is 81.9 cm³/mol. The molecule has 0 aliphatic carbocycles. The number of aliphatic hydroxyl groups is 1. The molecule has 2 rings (SSSR count). The molecule has 0 radical (unpaired) electrons. The summed E-state index contributed by atoms with van der Waals surface area (Å²) in [6.45, 7) is 6.64. The van der Waals surface area contributed by atoms with Crippen molar-refractivity contribution in [3.63, 3.8) is 0 Å². The average molecular weight is 287 g/mol. The summed E-state index contributed by atoms with van der Waals surface area (Å²) >= 11 is 0. The molecule has 1 aromatic carbocycles. The number of benzene rings is 1. The van der Waals surface area contributed by atoms with E-state index < -0.39 is 0 Å². The summed E-state index contributed by atoms with van der Waals surface area (Å²) in [6, 6.07) is 11.1. The van der Waals surface area contributed by atoms with Crippen LogP contribution in [0.5, 0.6) is 17.4 Å². The fourth-order valence-corrected chi connectivity index (χ4v) is 1.94. The van der Waals surface area contributed by atoms with Crippen molar-refractivity contribution < 1.29 is 14.6 Å². The van der Waals surface area contributed by atoms with Crippen LogP contribution in [0.1, 0.15) is 37.9 Å². The van der Waals surface area contributed by atoms with Crippen molar-refractivity contribution in [2.75, 3.05) is 6.61 Å². The lowest BCUT2D eigenvalue weighted by atomic mass is 10.1. The molecule has 0 aliphatic heterocycles. The SMILES string of the molecule is CCOc1cccc(Oc2cc(CO)cc(C(C)C)n2)c1. The zero-order valence-corrected chi connectivity index (χ0v) is 12.7. The molecule has 0 bridgehead atoms. The predicted octanol–water partition coefficient (Wildman–Crippen LogP) is 3.89. The number of hydrogen-bond acceptors (Lipinski definition) is 4. The zero-order chi connectivity index (χ0) is 15.2. The van der Waals surface area contributed by atoms with Gasteiger partial charge in [-0.25, -0.2) is 4.98 Å².